The summed E-state index contributed by atoms with van der Waals surface area (Å²) in [7, 11) is 0. The van der Waals surface area contributed by atoms with Crippen molar-refractivity contribution in [3.63, 3.8) is 0 Å². The van der Waals surface area contributed by atoms with Gasteiger partial charge in [-0.3, -0.25) is 9.36 Å². The van der Waals surface area contributed by atoms with E-state index in [4.69, 9.17) is 9.26 Å². The van der Waals surface area contributed by atoms with Crippen LogP contribution in [0.15, 0.2) is 47.0 Å². The van der Waals surface area contributed by atoms with Gasteiger partial charge in [0.2, 0.25) is 5.78 Å². The van der Waals surface area contributed by atoms with Crippen LogP contribution in [0.4, 0.5) is 0 Å². The number of carbonyl (C=O) groups excluding carboxylic acids is 2. The average molecular weight is 432 g/mol. The minimum Gasteiger partial charge on any atom is -0.454 e. The molecule has 0 bridgehead atoms. The Kier molecular flexibility index (Phi) is 5.52. The van der Waals surface area contributed by atoms with Gasteiger partial charge in [0.15, 0.2) is 12.4 Å². The van der Waals surface area contributed by atoms with Gasteiger partial charge in [0.1, 0.15) is 11.3 Å². The van der Waals surface area contributed by atoms with Gasteiger partial charge in [0.25, 0.3) is 0 Å². The number of ether oxygens (including phenoxy) is 1. The topological polar surface area (TPSA) is 92.2 Å². The fourth-order valence-corrected chi connectivity index (χ4v) is 3.90. The maximum absolute atomic E-state index is 12.8. The number of carbonyl (C=O) groups is 2. The average Bonchev–Trinajstić information content (AvgIpc) is 3.41. The number of hydrogen-bond donors (Lipinski definition) is 0. The van der Waals surface area contributed by atoms with E-state index in [-0.39, 0.29) is 12.4 Å². The Bertz CT molecular complexity index is 1310. The van der Waals surface area contributed by atoms with Crippen molar-refractivity contribution in [1.29, 1.82) is 0 Å². The number of benzene rings is 1. The lowest BCUT2D eigenvalue weighted by Crippen LogP contribution is -2.16. The SMILES string of the molecule is Cc1cc(-n2c(C)cc(C(=O)COC(=O)c3c(C)nn(-c4ccccc4)c3C)c2C)no1. The maximum atomic E-state index is 12.8. The summed E-state index contributed by atoms with van der Waals surface area (Å²) in [5, 5.41) is 8.49. The zero-order valence-electron chi connectivity index (χ0n) is 18.7. The standard InChI is InChI=1S/C24H24N4O4/c1-14-11-20(17(4)27(14)22-12-15(2)32-26-22)21(29)13-31-24(30)23-16(3)25-28(18(23)5)19-9-7-6-8-10-19/h6-12H,13H2,1-5H3. The molecule has 0 aliphatic carbocycles. The lowest BCUT2D eigenvalue weighted by Gasteiger charge is -2.07. The Balaban J connectivity index is 1.52. The van der Waals surface area contributed by atoms with E-state index in [9.17, 15) is 9.59 Å². The molecular formula is C24H24N4O4. The third-order valence-electron chi connectivity index (χ3n) is 5.41. The summed E-state index contributed by atoms with van der Waals surface area (Å²) in [4.78, 5) is 25.6. The van der Waals surface area contributed by atoms with Gasteiger partial charge in [-0.2, -0.15) is 5.10 Å². The zero-order chi connectivity index (χ0) is 23.0. The largest absolute Gasteiger partial charge is 0.454 e. The first-order valence-corrected chi connectivity index (χ1v) is 10.2. The summed E-state index contributed by atoms with van der Waals surface area (Å²) in [6.45, 7) is 8.70. The zero-order valence-corrected chi connectivity index (χ0v) is 18.7. The highest BCUT2D eigenvalue weighted by atomic mass is 16.5. The second-order valence-corrected chi connectivity index (χ2v) is 7.71. The molecule has 0 saturated carbocycles. The Morgan fingerprint density at radius 2 is 1.72 bits per heavy atom. The van der Waals surface area contributed by atoms with Crippen LogP contribution < -0.4 is 0 Å². The molecule has 0 N–H and O–H groups in total. The summed E-state index contributed by atoms with van der Waals surface area (Å²) in [6, 6.07) is 13.1. The highest BCUT2D eigenvalue weighted by Gasteiger charge is 2.23. The van der Waals surface area contributed by atoms with Gasteiger partial charge in [-0.1, -0.05) is 23.4 Å². The molecule has 0 saturated heterocycles. The molecule has 32 heavy (non-hydrogen) atoms. The number of aryl methyl sites for hydroxylation is 3. The number of aromatic nitrogens is 4. The quantitative estimate of drug-likeness (QED) is 0.334. The lowest BCUT2D eigenvalue weighted by molar-refractivity contribution is 0.0473. The second-order valence-electron chi connectivity index (χ2n) is 7.71. The molecule has 0 atom stereocenters. The van der Waals surface area contributed by atoms with Gasteiger partial charge < -0.3 is 9.26 Å². The molecule has 0 radical (unpaired) electrons. The van der Waals surface area contributed by atoms with E-state index >= 15 is 0 Å². The van der Waals surface area contributed by atoms with Crippen LogP contribution in [0.1, 0.15) is 49.3 Å². The Hall–Kier alpha value is -3.94. The van der Waals surface area contributed by atoms with Crippen molar-refractivity contribution < 1.29 is 18.8 Å². The summed E-state index contributed by atoms with van der Waals surface area (Å²) in [5.41, 5.74) is 4.44. The fraction of sp³-hybridized carbons (Fsp3) is 0.250. The molecule has 0 aliphatic rings. The van der Waals surface area contributed by atoms with Gasteiger partial charge in [-0.05, 0) is 52.8 Å². The first kappa shape index (κ1) is 21.3. The molecule has 0 spiro atoms. The molecule has 0 unspecified atom stereocenters. The van der Waals surface area contributed by atoms with Gasteiger partial charge in [-0.25, -0.2) is 9.48 Å². The monoisotopic (exact) mass is 432 g/mol. The number of hydrogen-bond acceptors (Lipinski definition) is 6. The fourth-order valence-electron chi connectivity index (χ4n) is 3.90. The molecule has 8 heteroatoms. The van der Waals surface area contributed by atoms with Crippen LogP contribution in [0.2, 0.25) is 0 Å². The van der Waals surface area contributed by atoms with Crippen LogP contribution in [-0.2, 0) is 4.74 Å². The minimum atomic E-state index is -0.573. The van der Waals surface area contributed by atoms with Crippen LogP contribution >= 0.6 is 0 Å². The van der Waals surface area contributed by atoms with Crippen molar-refractivity contribution >= 4 is 11.8 Å². The van der Waals surface area contributed by atoms with E-state index in [1.807, 2.05) is 48.7 Å². The Morgan fingerprint density at radius 3 is 2.38 bits per heavy atom. The van der Waals surface area contributed by atoms with Gasteiger partial charge in [0, 0.05) is 23.0 Å². The van der Waals surface area contributed by atoms with Gasteiger partial charge >= 0.3 is 5.97 Å². The number of esters is 1. The third-order valence-corrected chi connectivity index (χ3v) is 5.41. The van der Waals surface area contributed by atoms with Crippen molar-refractivity contribution in [3.8, 4) is 11.5 Å². The van der Waals surface area contributed by atoms with Gasteiger partial charge in [-0.15, -0.1) is 0 Å². The maximum Gasteiger partial charge on any atom is 0.342 e. The molecule has 0 aliphatic heterocycles. The van der Waals surface area contributed by atoms with Crippen LogP contribution in [0.5, 0.6) is 0 Å². The predicted molar refractivity (Wildman–Crippen MR) is 118 cm³/mol. The van der Waals surface area contributed by atoms with Crippen LogP contribution in [0.3, 0.4) is 0 Å². The second kappa shape index (κ2) is 8.30. The normalized spacial score (nSPS) is 11.0. The molecule has 164 valence electrons. The highest BCUT2D eigenvalue weighted by molar-refractivity contribution is 6.01. The number of para-hydroxylation sites is 1. The van der Waals surface area contributed by atoms with E-state index in [1.165, 1.54) is 0 Å². The van der Waals surface area contributed by atoms with E-state index < -0.39 is 5.97 Å². The molecule has 8 nitrogen and oxygen atoms in total. The van der Waals surface area contributed by atoms with E-state index in [2.05, 4.69) is 10.3 Å². The summed E-state index contributed by atoms with van der Waals surface area (Å²) in [6.07, 6.45) is 0. The van der Waals surface area contributed by atoms with E-state index in [1.54, 1.807) is 37.6 Å². The highest BCUT2D eigenvalue weighted by Crippen LogP contribution is 2.22. The molecule has 3 aromatic heterocycles. The van der Waals surface area contributed by atoms with Crippen molar-refractivity contribution in [1.82, 2.24) is 19.5 Å². The Morgan fingerprint density at radius 1 is 1.00 bits per heavy atom. The molecule has 4 aromatic rings. The molecule has 3 heterocycles. The first-order valence-electron chi connectivity index (χ1n) is 10.2. The number of nitrogens with zero attached hydrogens (tertiary/aromatic N) is 4. The first-order chi connectivity index (χ1) is 15.3. The molecule has 4 rings (SSSR count). The Labute approximate surface area is 185 Å². The summed E-state index contributed by atoms with van der Waals surface area (Å²) < 4.78 is 14.1. The van der Waals surface area contributed by atoms with Crippen molar-refractivity contribution in [2.75, 3.05) is 6.61 Å². The van der Waals surface area contributed by atoms with E-state index in [0.29, 0.717) is 39.8 Å². The van der Waals surface area contributed by atoms with Crippen LogP contribution in [0.25, 0.3) is 11.5 Å². The van der Waals surface area contributed by atoms with Crippen LogP contribution in [-0.4, -0.2) is 37.9 Å². The molecular weight excluding hydrogens is 408 g/mol. The minimum absolute atomic E-state index is 0.288. The van der Waals surface area contributed by atoms with Crippen molar-refractivity contribution in [2.24, 2.45) is 0 Å². The van der Waals surface area contributed by atoms with Crippen molar-refractivity contribution in [3.05, 3.63) is 82.1 Å². The molecule has 1 aromatic carbocycles. The lowest BCUT2D eigenvalue weighted by atomic mass is 10.1. The predicted octanol–water partition coefficient (Wildman–Crippen LogP) is 4.23. The number of ketones is 1. The van der Waals surface area contributed by atoms with E-state index in [0.717, 1.165) is 11.4 Å². The number of Topliss-reactive ketones (excluding diaryl/α,β-unsaturated/α-hetero) is 1. The molecule has 0 amide bonds. The van der Waals surface area contributed by atoms with Gasteiger partial charge in [0.05, 0.1) is 17.1 Å². The molecule has 0 fully saturated rings. The number of rotatable bonds is 6. The van der Waals surface area contributed by atoms with Crippen LogP contribution in [0, 0.1) is 34.6 Å². The smallest absolute Gasteiger partial charge is 0.342 e. The third kappa shape index (κ3) is 3.75. The van der Waals surface area contributed by atoms with Crippen molar-refractivity contribution in [2.45, 2.75) is 34.6 Å². The summed E-state index contributed by atoms with van der Waals surface area (Å²) in [5.74, 6) is 0.421. The summed E-state index contributed by atoms with van der Waals surface area (Å²) >= 11 is 0.